The molecular weight excluding hydrogens is 445 g/mol. The summed E-state index contributed by atoms with van der Waals surface area (Å²) >= 11 is 0. The number of rotatable bonds is 9. The molecular formula is C29H26FNO4. The van der Waals surface area contributed by atoms with Crippen LogP contribution >= 0.6 is 0 Å². The molecule has 178 valence electrons. The van der Waals surface area contributed by atoms with E-state index in [1.165, 1.54) is 24.3 Å². The molecule has 0 unspecified atom stereocenters. The van der Waals surface area contributed by atoms with E-state index in [1.807, 2.05) is 49.4 Å². The lowest BCUT2D eigenvalue weighted by Gasteiger charge is -2.19. The molecule has 0 aliphatic rings. The number of hydrogen-bond donors (Lipinski definition) is 2. The van der Waals surface area contributed by atoms with E-state index in [2.05, 4.69) is 5.32 Å². The molecule has 0 saturated heterocycles. The van der Waals surface area contributed by atoms with E-state index in [0.29, 0.717) is 29.9 Å². The highest BCUT2D eigenvalue weighted by Gasteiger charge is 2.18. The second-order valence-corrected chi connectivity index (χ2v) is 8.39. The van der Waals surface area contributed by atoms with Crippen LogP contribution in [0.15, 0.2) is 84.9 Å². The van der Waals surface area contributed by atoms with Crippen molar-refractivity contribution < 1.29 is 23.8 Å². The van der Waals surface area contributed by atoms with Gasteiger partial charge < -0.3 is 15.2 Å². The van der Waals surface area contributed by atoms with E-state index < -0.39 is 5.97 Å². The number of hydrogen-bond acceptors (Lipinski definition) is 3. The third-order valence-electron chi connectivity index (χ3n) is 5.85. The van der Waals surface area contributed by atoms with Gasteiger partial charge in [0, 0.05) is 12.0 Å². The van der Waals surface area contributed by atoms with Crippen LogP contribution < -0.4 is 10.1 Å². The molecule has 0 bridgehead atoms. The maximum Gasteiger partial charge on any atom is 0.303 e. The van der Waals surface area contributed by atoms with Crippen LogP contribution in [0.2, 0.25) is 0 Å². The average Bonchev–Trinajstić information content (AvgIpc) is 2.85. The lowest BCUT2D eigenvalue weighted by atomic mass is 9.98. The number of amides is 1. The lowest BCUT2D eigenvalue weighted by Crippen LogP contribution is -2.27. The van der Waals surface area contributed by atoms with Gasteiger partial charge in [-0.3, -0.25) is 9.59 Å². The van der Waals surface area contributed by atoms with Crippen LogP contribution in [0.25, 0.3) is 10.8 Å². The predicted molar refractivity (Wildman–Crippen MR) is 133 cm³/mol. The van der Waals surface area contributed by atoms with E-state index in [9.17, 15) is 14.0 Å². The van der Waals surface area contributed by atoms with Crippen LogP contribution in [-0.4, -0.2) is 17.0 Å². The normalized spacial score (nSPS) is 11.7. The number of nitrogens with one attached hydrogen (secondary N) is 1. The Kier molecular flexibility index (Phi) is 7.41. The number of ether oxygens (including phenoxy) is 1. The zero-order valence-corrected chi connectivity index (χ0v) is 19.3. The van der Waals surface area contributed by atoms with Crippen molar-refractivity contribution in [1.82, 2.24) is 5.32 Å². The van der Waals surface area contributed by atoms with Crippen LogP contribution in [0, 0.1) is 5.82 Å². The summed E-state index contributed by atoms with van der Waals surface area (Å²) in [6.07, 6.45) is 0.864. The first-order valence-corrected chi connectivity index (χ1v) is 11.5. The lowest BCUT2D eigenvalue weighted by molar-refractivity contribution is -0.137. The number of carboxylic acids is 1. The number of carbonyl (C=O) groups is 2. The van der Waals surface area contributed by atoms with E-state index in [4.69, 9.17) is 9.84 Å². The van der Waals surface area contributed by atoms with Gasteiger partial charge in [-0.2, -0.15) is 0 Å². The van der Waals surface area contributed by atoms with Gasteiger partial charge in [0.15, 0.2) is 0 Å². The molecule has 4 aromatic rings. The number of fused-ring (bicyclic) bond motifs is 1. The van der Waals surface area contributed by atoms with Crippen molar-refractivity contribution in [3.05, 3.63) is 107 Å². The zero-order chi connectivity index (χ0) is 24.8. The second-order valence-electron chi connectivity index (χ2n) is 8.39. The predicted octanol–water partition coefficient (Wildman–Crippen LogP) is 6.67. The van der Waals surface area contributed by atoms with Crippen LogP contribution in [-0.2, 0) is 11.2 Å². The third-order valence-corrected chi connectivity index (χ3v) is 5.85. The summed E-state index contributed by atoms with van der Waals surface area (Å²) < 4.78 is 19.1. The molecule has 1 atom stereocenters. The van der Waals surface area contributed by atoms with Crippen LogP contribution in [0.5, 0.6) is 11.5 Å². The Bertz CT molecular complexity index is 1350. The molecule has 0 radical (unpaired) electrons. The average molecular weight is 472 g/mol. The summed E-state index contributed by atoms with van der Waals surface area (Å²) in [6, 6.07) is 24.5. The Hall–Kier alpha value is -4.19. The van der Waals surface area contributed by atoms with Crippen molar-refractivity contribution in [2.75, 3.05) is 0 Å². The summed E-state index contributed by atoms with van der Waals surface area (Å²) in [6.45, 7) is 1.93. The molecule has 0 aliphatic carbocycles. The molecule has 0 aliphatic heterocycles. The Morgan fingerprint density at radius 3 is 2.43 bits per heavy atom. The van der Waals surface area contributed by atoms with Gasteiger partial charge in [0.1, 0.15) is 17.3 Å². The van der Waals surface area contributed by atoms with Gasteiger partial charge in [-0.25, -0.2) is 4.39 Å². The Morgan fingerprint density at radius 2 is 1.66 bits per heavy atom. The maximum atomic E-state index is 13.4. The van der Waals surface area contributed by atoms with Crippen molar-refractivity contribution >= 4 is 22.6 Å². The minimum absolute atomic E-state index is 0.0152. The van der Waals surface area contributed by atoms with Crippen LogP contribution in [0.3, 0.4) is 0 Å². The molecule has 0 heterocycles. The number of aryl methyl sites for hydroxylation is 1. The highest BCUT2D eigenvalue weighted by atomic mass is 19.1. The van der Waals surface area contributed by atoms with E-state index in [-0.39, 0.29) is 24.2 Å². The summed E-state index contributed by atoms with van der Waals surface area (Å²) in [7, 11) is 0. The van der Waals surface area contributed by atoms with Gasteiger partial charge in [-0.05, 0) is 78.1 Å². The van der Waals surface area contributed by atoms with Crippen molar-refractivity contribution in [3.63, 3.8) is 0 Å². The van der Waals surface area contributed by atoms with Crippen LogP contribution in [0.1, 0.15) is 47.3 Å². The fourth-order valence-electron chi connectivity index (χ4n) is 4.10. The Labute approximate surface area is 203 Å². The highest BCUT2D eigenvalue weighted by molar-refractivity contribution is 5.97. The smallest absolute Gasteiger partial charge is 0.303 e. The van der Waals surface area contributed by atoms with E-state index >= 15 is 0 Å². The first-order chi connectivity index (χ1) is 16.9. The summed E-state index contributed by atoms with van der Waals surface area (Å²) in [5.41, 5.74) is 2.16. The quantitative estimate of drug-likeness (QED) is 0.286. The summed E-state index contributed by atoms with van der Waals surface area (Å²) in [5, 5.41) is 14.2. The van der Waals surface area contributed by atoms with Gasteiger partial charge in [-0.1, -0.05) is 48.5 Å². The van der Waals surface area contributed by atoms with E-state index in [1.54, 1.807) is 18.2 Å². The molecule has 0 saturated carbocycles. The SMILES string of the molecule is C[C@@H](NC(=O)c1cc(Oc2ccc(F)cc2)ccc1CCCC(=O)O)c1cccc2ccccc12. The molecule has 0 fully saturated rings. The first-order valence-electron chi connectivity index (χ1n) is 11.5. The summed E-state index contributed by atoms with van der Waals surface area (Å²) in [4.78, 5) is 24.4. The molecule has 35 heavy (non-hydrogen) atoms. The largest absolute Gasteiger partial charge is 0.481 e. The summed E-state index contributed by atoms with van der Waals surface area (Å²) in [5.74, 6) is -0.646. The monoisotopic (exact) mass is 471 g/mol. The number of benzene rings is 4. The minimum Gasteiger partial charge on any atom is -0.481 e. The van der Waals surface area contributed by atoms with Crippen molar-refractivity contribution in [2.45, 2.75) is 32.2 Å². The minimum atomic E-state index is -0.878. The molecule has 1 amide bonds. The zero-order valence-electron chi connectivity index (χ0n) is 19.3. The fourth-order valence-corrected chi connectivity index (χ4v) is 4.10. The number of aliphatic carboxylic acids is 1. The Morgan fingerprint density at radius 1 is 0.943 bits per heavy atom. The van der Waals surface area contributed by atoms with Gasteiger partial charge in [0.2, 0.25) is 0 Å². The van der Waals surface area contributed by atoms with Crippen molar-refractivity contribution in [1.29, 1.82) is 0 Å². The van der Waals surface area contributed by atoms with Gasteiger partial charge in [-0.15, -0.1) is 0 Å². The fraction of sp³-hybridized carbons (Fsp3) is 0.172. The molecule has 4 rings (SSSR count). The van der Waals surface area contributed by atoms with E-state index in [0.717, 1.165) is 21.9 Å². The highest BCUT2D eigenvalue weighted by Crippen LogP contribution is 2.27. The molecule has 0 aromatic heterocycles. The molecule has 4 aromatic carbocycles. The number of carboxylic acid groups (broad SMARTS) is 1. The van der Waals surface area contributed by atoms with Crippen molar-refractivity contribution in [3.8, 4) is 11.5 Å². The standard InChI is InChI=1S/C29H26FNO4/c1-19(25-10-4-7-20-6-2-3-9-26(20)25)31-29(34)27-18-24(35-23-16-13-22(30)14-17-23)15-12-21(27)8-5-11-28(32)33/h2-4,6-7,9-10,12-19H,5,8,11H2,1H3,(H,31,34)(H,32,33)/t19-/m1/s1. The first kappa shape index (κ1) is 24.0. The van der Waals surface area contributed by atoms with Crippen LogP contribution in [0.4, 0.5) is 4.39 Å². The second kappa shape index (κ2) is 10.8. The number of halogens is 1. The number of carbonyl (C=O) groups excluding carboxylic acids is 1. The third kappa shape index (κ3) is 6.03. The molecule has 0 spiro atoms. The molecule has 5 nitrogen and oxygen atoms in total. The maximum absolute atomic E-state index is 13.4. The van der Waals surface area contributed by atoms with Gasteiger partial charge in [0.05, 0.1) is 6.04 Å². The molecule has 2 N–H and O–H groups in total. The van der Waals surface area contributed by atoms with Gasteiger partial charge in [0.25, 0.3) is 5.91 Å². The topological polar surface area (TPSA) is 75.6 Å². The van der Waals surface area contributed by atoms with Gasteiger partial charge >= 0.3 is 5.97 Å². The Balaban J connectivity index is 1.60. The van der Waals surface area contributed by atoms with Crippen molar-refractivity contribution in [2.24, 2.45) is 0 Å². The molecule has 6 heteroatoms.